The smallest absolute Gasteiger partial charge is 0.225 e. The summed E-state index contributed by atoms with van der Waals surface area (Å²) in [6.07, 6.45) is 0.424. The van der Waals surface area contributed by atoms with Gasteiger partial charge in [-0.3, -0.25) is 9.69 Å². The molecule has 1 aromatic rings. The highest BCUT2D eigenvalue weighted by atomic mass is 16.5. The summed E-state index contributed by atoms with van der Waals surface area (Å²) in [5.74, 6) is 0.954. The Kier molecular flexibility index (Phi) is 6.50. The van der Waals surface area contributed by atoms with Crippen LogP contribution in [0.25, 0.3) is 0 Å². The number of ether oxygens (including phenoxy) is 1. The van der Waals surface area contributed by atoms with Gasteiger partial charge in [0.05, 0.1) is 13.0 Å². The molecular formula is C16H25N3O2. The number of rotatable bonds is 7. The molecule has 0 atom stereocenters. The second-order valence-electron chi connectivity index (χ2n) is 5.32. The van der Waals surface area contributed by atoms with Gasteiger partial charge in [-0.1, -0.05) is 18.2 Å². The van der Waals surface area contributed by atoms with Crippen LogP contribution in [0.15, 0.2) is 30.3 Å². The van der Waals surface area contributed by atoms with Crippen molar-refractivity contribution in [2.45, 2.75) is 6.42 Å². The summed E-state index contributed by atoms with van der Waals surface area (Å²) >= 11 is 0. The average Bonchev–Trinajstić information content (AvgIpc) is 2.54. The molecule has 5 heteroatoms. The second kappa shape index (κ2) is 8.64. The van der Waals surface area contributed by atoms with Gasteiger partial charge in [0.1, 0.15) is 5.75 Å². The number of benzene rings is 1. The SMILES string of the molecule is CN(CCN1CCNCC1)C(=O)CCOc1ccccc1. The number of piperazine rings is 1. The van der Waals surface area contributed by atoms with Crippen molar-refractivity contribution in [1.29, 1.82) is 0 Å². The fourth-order valence-electron chi connectivity index (χ4n) is 2.31. The Hall–Kier alpha value is -1.59. The minimum Gasteiger partial charge on any atom is -0.493 e. The Bertz CT molecular complexity index is 419. The van der Waals surface area contributed by atoms with E-state index in [1.807, 2.05) is 37.4 Å². The minimum atomic E-state index is 0.140. The maximum Gasteiger partial charge on any atom is 0.225 e. The summed E-state index contributed by atoms with van der Waals surface area (Å²) in [6.45, 7) is 6.39. The standard InChI is InChI=1S/C16H25N3O2/c1-18(12-13-19-10-8-17-9-11-19)16(20)7-14-21-15-5-3-2-4-6-15/h2-6,17H,7-14H2,1H3. The molecule has 1 amide bonds. The zero-order valence-electron chi connectivity index (χ0n) is 12.8. The zero-order valence-corrected chi connectivity index (χ0v) is 12.8. The number of para-hydroxylation sites is 1. The van der Waals surface area contributed by atoms with Crippen LogP contribution in [-0.4, -0.2) is 68.6 Å². The third kappa shape index (κ3) is 5.73. The van der Waals surface area contributed by atoms with Crippen molar-refractivity contribution < 1.29 is 9.53 Å². The quantitative estimate of drug-likeness (QED) is 0.808. The first-order chi connectivity index (χ1) is 10.3. The van der Waals surface area contributed by atoms with Crippen LogP contribution in [0.2, 0.25) is 0 Å². The topological polar surface area (TPSA) is 44.8 Å². The maximum atomic E-state index is 12.0. The van der Waals surface area contributed by atoms with E-state index >= 15 is 0 Å². The lowest BCUT2D eigenvalue weighted by molar-refractivity contribution is -0.130. The molecule has 1 fully saturated rings. The van der Waals surface area contributed by atoms with Crippen LogP contribution in [0.3, 0.4) is 0 Å². The molecule has 5 nitrogen and oxygen atoms in total. The number of nitrogens with one attached hydrogen (secondary N) is 1. The lowest BCUT2D eigenvalue weighted by Crippen LogP contribution is -2.46. The molecule has 0 spiro atoms. The van der Waals surface area contributed by atoms with Crippen LogP contribution < -0.4 is 10.1 Å². The van der Waals surface area contributed by atoms with Crippen LogP contribution in [0, 0.1) is 0 Å². The van der Waals surface area contributed by atoms with Gasteiger partial charge in [-0.2, -0.15) is 0 Å². The number of hydrogen-bond acceptors (Lipinski definition) is 4. The summed E-state index contributed by atoms with van der Waals surface area (Å²) in [5, 5.41) is 3.33. The van der Waals surface area contributed by atoms with E-state index in [-0.39, 0.29) is 5.91 Å². The second-order valence-corrected chi connectivity index (χ2v) is 5.32. The summed E-state index contributed by atoms with van der Waals surface area (Å²) in [6, 6.07) is 9.60. The highest BCUT2D eigenvalue weighted by Gasteiger charge is 2.13. The minimum absolute atomic E-state index is 0.140. The molecule has 1 N–H and O–H groups in total. The largest absolute Gasteiger partial charge is 0.493 e. The van der Waals surface area contributed by atoms with Crippen molar-refractivity contribution in [3.63, 3.8) is 0 Å². The van der Waals surface area contributed by atoms with E-state index in [4.69, 9.17) is 4.74 Å². The first-order valence-corrected chi connectivity index (χ1v) is 7.60. The van der Waals surface area contributed by atoms with Crippen LogP contribution in [0.5, 0.6) is 5.75 Å². The van der Waals surface area contributed by atoms with Crippen molar-refractivity contribution in [2.75, 3.05) is 52.9 Å². The number of hydrogen-bond donors (Lipinski definition) is 1. The van der Waals surface area contributed by atoms with E-state index in [0.717, 1.165) is 45.0 Å². The predicted molar refractivity (Wildman–Crippen MR) is 83.5 cm³/mol. The molecular weight excluding hydrogens is 266 g/mol. The van der Waals surface area contributed by atoms with Crippen molar-refractivity contribution in [2.24, 2.45) is 0 Å². The molecule has 0 saturated carbocycles. The summed E-state index contributed by atoms with van der Waals surface area (Å²) in [4.78, 5) is 16.2. The fourth-order valence-corrected chi connectivity index (χ4v) is 2.31. The average molecular weight is 291 g/mol. The Morgan fingerprint density at radius 3 is 2.71 bits per heavy atom. The molecule has 21 heavy (non-hydrogen) atoms. The van der Waals surface area contributed by atoms with E-state index in [1.54, 1.807) is 4.90 Å². The van der Waals surface area contributed by atoms with Gasteiger partial charge in [0.15, 0.2) is 0 Å². The van der Waals surface area contributed by atoms with E-state index in [9.17, 15) is 4.79 Å². The summed E-state index contributed by atoms with van der Waals surface area (Å²) in [7, 11) is 1.87. The van der Waals surface area contributed by atoms with Crippen LogP contribution in [-0.2, 0) is 4.79 Å². The molecule has 1 aromatic carbocycles. The van der Waals surface area contributed by atoms with Crippen LogP contribution >= 0.6 is 0 Å². The van der Waals surface area contributed by atoms with Crippen molar-refractivity contribution >= 4 is 5.91 Å². The number of nitrogens with zero attached hydrogens (tertiary/aromatic N) is 2. The Balaban J connectivity index is 1.60. The maximum absolute atomic E-state index is 12.0. The van der Waals surface area contributed by atoms with E-state index in [2.05, 4.69) is 10.2 Å². The van der Waals surface area contributed by atoms with Crippen molar-refractivity contribution in [3.05, 3.63) is 30.3 Å². The molecule has 1 aliphatic heterocycles. The van der Waals surface area contributed by atoms with Gasteiger partial charge in [-0.05, 0) is 12.1 Å². The summed E-state index contributed by atoms with van der Waals surface area (Å²) < 4.78 is 5.56. The molecule has 1 saturated heterocycles. The molecule has 0 unspecified atom stereocenters. The number of carbonyl (C=O) groups is 1. The van der Waals surface area contributed by atoms with Crippen molar-refractivity contribution in [1.82, 2.24) is 15.1 Å². The van der Waals surface area contributed by atoms with Gasteiger partial charge < -0.3 is 15.0 Å². The third-order valence-corrected chi connectivity index (χ3v) is 3.71. The third-order valence-electron chi connectivity index (χ3n) is 3.71. The molecule has 1 aliphatic rings. The molecule has 0 aliphatic carbocycles. The zero-order chi connectivity index (χ0) is 14.9. The number of likely N-dealkylation sites (N-methyl/N-ethyl adjacent to an activating group) is 1. The van der Waals surface area contributed by atoms with Gasteiger partial charge in [0, 0.05) is 46.3 Å². The Morgan fingerprint density at radius 1 is 1.29 bits per heavy atom. The molecule has 0 aromatic heterocycles. The van der Waals surface area contributed by atoms with E-state index in [1.165, 1.54) is 0 Å². The number of carbonyl (C=O) groups excluding carboxylic acids is 1. The van der Waals surface area contributed by atoms with E-state index in [0.29, 0.717) is 13.0 Å². The van der Waals surface area contributed by atoms with Gasteiger partial charge in [0.2, 0.25) is 5.91 Å². The molecule has 2 rings (SSSR count). The normalized spacial score (nSPS) is 15.7. The molecule has 0 bridgehead atoms. The molecule has 1 heterocycles. The van der Waals surface area contributed by atoms with Crippen LogP contribution in [0.4, 0.5) is 0 Å². The lowest BCUT2D eigenvalue weighted by Gasteiger charge is -2.29. The Morgan fingerprint density at radius 2 is 2.00 bits per heavy atom. The van der Waals surface area contributed by atoms with Crippen molar-refractivity contribution in [3.8, 4) is 5.75 Å². The van der Waals surface area contributed by atoms with Gasteiger partial charge in [-0.15, -0.1) is 0 Å². The highest BCUT2D eigenvalue weighted by molar-refractivity contribution is 5.75. The van der Waals surface area contributed by atoms with Gasteiger partial charge in [0.25, 0.3) is 0 Å². The predicted octanol–water partition coefficient (Wildman–Crippen LogP) is 0.819. The molecule has 116 valence electrons. The fraction of sp³-hybridized carbons (Fsp3) is 0.562. The first kappa shape index (κ1) is 15.8. The molecule has 0 radical (unpaired) electrons. The Labute approximate surface area is 126 Å². The lowest BCUT2D eigenvalue weighted by atomic mass is 10.3. The first-order valence-electron chi connectivity index (χ1n) is 7.60. The van der Waals surface area contributed by atoms with E-state index < -0.39 is 0 Å². The monoisotopic (exact) mass is 291 g/mol. The van der Waals surface area contributed by atoms with Crippen LogP contribution in [0.1, 0.15) is 6.42 Å². The summed E-state index contributed by atoms with van der Waals surface area (Å²) in [5.41, 5.74) is 0. The highest BCUT2D eigenvalue weighted by Crippen LogP contribution is 2.08. The van der Waals surface area contributed by atoms with Gasteiger partial charge >= 0.3 is 0 Å². The number of amides is 1. The van der Waals surface area contributed by atoms with Gasteiger partial charge in [-0.25, -0.2) is 0 Å².